The van der Waals surface area contributed by atoms with E-state index in [-0.39, 0.29) is 17.0 Å². The van der Waals surface area contributed by atoms with Gasteiger partial charge in [-0.25, -0.2) is 0 Å². The zero-order chi connectivity index (χ0) is 12.8. The Labute approximate surface area is 137 Å². The van der Waals surface area contributed by atoms with E-state index in [1.54, 1.807) is 0 Å². The Balaban J connectivity index is 0.00000121. The molecule has 0 aliphatic rings. The van der Waals surface area contributed by atoms with Gasteiger partial charge in [0, 0.05) is 0 Å². The number of benzene rings is 4. The van der Waals surface area contributed by atoms with Crippen LogP contribution < -0.4 is 21.3 Å². The van der Waals surface area contributed by atoms with Gasteiger partial charge in [0.05, 0.1) is 0 Å². The zero-order valence-electron chi connectivity index (χ0n) is 10.7. The topological polar surface area (TPSA) is 0 Å². The normalized spacial score (nSPS) is 10.8. The van der Waals surface area contributed by atoms with Gasteiger partial charge in [0.1, 0.15) is 0 Å². The van der Waals surface area contributed by atoms with Crippen LogP contribution in [0.2, 0.25) is 0 Å². The molecule has 0 amide bonds. The van der Waals surface area contributed by atoms with Crippen molar-refractivity contribution in [2.45, 2.75) is 0 Å². The van der Waals surface area contributed by atoms with Crippen LogP contribution in [0, 0.1) is 0 Å². The molecular weight excluding hydrogens is 371 g/mol. The largest absolute Gasteiger partial charge is 1.00 e. The van der Waals surface area contributed by atoms with Crippen molar-refractivity contribution in [1.82, 2.24) is 0 Å². The van der Waals surface area contributed by atoms with Gasteiger partial charge in [0.15, 0.2) is 0 Å². The predicted octanol–water partition coefficient (Wildman–Crippen LogP) is 0.944. The standard InChI is InChI=1S/C18H11As.BrH/c19-17-7-3-6-12-8-9-15-10-13-4-1-2-5-14(13)11-16(15)18(12)17;/h1-11H;1H/p-1. The first-order valence-electron chi connectivity index (χ1n) is 6.36. The molecule has 4 aromatic carbocycles. The van der Waals surface area contributed by atoms with Crippen LogP contribution in [0.15, 0.2) is 66.7 Å². The maximum absolute atomic E-state index is 2.69. The predicted molar refractivity (Wildman–Crippen MR) is 84.3 cm³/mol. The average Bonchev–Trinajstić information content (AvgIpc) is 2.45. The van der Waals surface area contributed by atoms with Gasteiger partial charge in [-0.15, -0.1) is 0 Å². The van der Waals surface area contributed by atoms with Crippen LogP contribution in [-0.4, -0.2) is 16.9 Å². The summed E-state index contributed by atoms with van der Waals surface area (Å²) >= 11 is 2.69. The van der Waals surface area contributed by atoms with Gasteiger partial charge in [-0.2, -0.15) is 0 Å². The molecule has 0 heterocycles. The van der Waals surface area contributed by atoms with Crippen molar-refractivity contribution in [3.8, 4) is 0 Å². The molecule has 0 aromatic heterocycles. The maximum atomic E-state index is 2.69. The second-order valence-corrected chi connectivity index (χ2v) is 5.87. The SMILES string of the molecule is [As]c1cccc2ccc3cc4ccccc4cc3c12.[Br-]. The number of hydrogen-bond acceptors (Lipinski definition) is 0. The van der Waals surface area contributed by atoms with Crippen LogP contribution in [0.5, 0.6) is 0 Å². The van der Waals surface area contributed by atoms with Gasteiger partial charge < -0.3 is 17.0 Å². The molecule has 96 valence electrons. The minimum absolute atomic E-state index is 0. The van der Waals surface area contributed by atoms with Crippen LogP contribution >= 0.6 is 0 Å². The molecule has 0 fully saturated rings. The van der Waals surface area contributed by atoms with E-state index < -0.39 is 0 Å². The molecule has 0 N–H and O–H groups in total. The molecular formula is C18H11AsBr-. The molecule has 0 atom stereocenters. The molecule has 0 bridgehead atoms. The maximum Gasteiger partial charge on any atom is -1.00 e. The van der Waals surface area contributed by atoms with Crippen LogP contribution in [-0.2, 0) is 0 Å². The number of halogens is 1. The van der Waals surface area contributed by atoms with Crippen molar-refractivity contribution in [3.05, 3.63) is 66.7 Å². The van der Waals surface area contributed by atoms with Crippen molar-refractivity contribution >= 4 is 53.5 Å². The van der Waals surface area contributed by atoms with Crippen molar-refractivity contribution < 1.29 is 17.0 Å². The van der Waals surface area contributed by atoms with Gasteiger partial charge in [-0.1, -0.05) is 0 Å². The Morgan fingerprint density at radius 1 is 0.600 bits per heavy atom. The van der Waals surface area contributed by atoms with Gasteiger partial charge in [-0.3, -0.25) is 0 Å². The monoisotopic (exact) mass is 381 g/mol. The third-order valence-electron chi connectivity index (χ3n) is 3.70. The van der Waals surface area contributed by atoms with Crippen molar-refractivity contribution in [2.75, 3.05) is 0 Å². The van der Waals surface area contributed by atoms with Crippen LogP contribution in [0.3, 0.4) is 0 Å². The van der Waals surface area contributed by atoms with E-state index >= 15 is 0 Å². The summed E-state index contributed by atoms with van der Waals surface area (Å²) in [4.78, 5) is 0. The number of rotatable bonds is 0. The average molecular weight is 382 g/mol. The molecule has 20 heavy (non-hydrogen) atoms. The minimum atomic E-state index is 0. The third kappa shape index (κ3) is 2.06. The first kappa shape index (κ1) is 13.7. The molecule has 4 rings (SSSR count). The molecule has 2 radical (unpaired) electrons. The third-order valence-corrected chi connectivity index (χ3v) is 4.49. The fourth-order valence-corrected chi connectivity index (χ4v) is 3.49. The van der Waals surface area contributed by atoms with E-state index in [1.807, 2.05) is 0 Å². The van der Waals surface area contributed by atoms with Gasteiger partial charge in [0.2, 0.25) is 0 Å². The Morgan fingerprint density at radius 2 is 1.25 bits per heavy atom. The Morgan fingerprint density at radius 3 is 2.05 bits per heavy atom. The van der Waals surface area contributed by atoms with E-state index in [1.165, 1.54) is 36.7 Å². The Kier molecular flexibility index (Phi) is 3.58. The quantitative estimate of drug-likeness (QED) is 0.241. The van der Waals surface area contributed by atoms with Crippen LogP contribution in [0.25, 0.3) is 32.3 Å². The summed E-state index contributed by atoms with van der Waals surface area (Å²) in [5, 5.41) is 7.92. The first-order valence-corrected chi connectivity index (χ1v) is 7.30. The Hall–Kier alpha value is -1.30. The summed E-state index contributed by atoms with van der Waals surface area (Å²) in [6.07, 6.45) is 0. The van der Waals surface area contributed by atoms with Crippen molar-refractivity contribution in [3.63, 3.8) is 0 Å². The number of fused-ring (bicyclic) bond motifs is 4. The molecule has 2 heteroatoms. The minimum Gasteiger partial charge on any atom is -1.00 e. The molecule has 0 nitrogen and oxygen atoms in total. The second kappa shape index (κ2) is 5.24. The fourth-order valence-electron chi connectivity index (χ4n) is 2.78. The molecule has 0 unspecified atom stereocenters. The van der Waals surface area contributed by atoms with E-state index in [0.29, 0.717) is 0 Å². The van der Waals surface area contributed by atoms with Crippen LogP contribution in [0.4, 0.5) is 0 Å². The summed E-state index contributed by atoms with van der Waals surface area (Å²) in [5.41, 5.74) is 0. The summed E-state index contributed by atoms with van der Waals surface area (Å²) in [5.74, 6) is 0. The van der Waals surface area contributed by atoms with Gasteiger partial charge in [-0.05, 0) is 0 Å². The molecule has 0 aliphatic carbocycles. The van der Waals surface area contributed by atoms with E-state index in [4.69, 9.17) is 0 Å². The summed E-state index contributed by atoms with van der Waals surface area (Å²) in [7, 11) is 0. The number of hydrogen-bond donors (Lipinski definition) is 0. The summed E-state index contributed by atoms with van der Waals surface area (Å²) in [6.45, 7) is 0. The Bertz CT molecular complexity index is 928. The van der Waals surface area contributed by atoms with Gasteiger partial charge in [0.25, 0.3) is 0 Å². The molecule has 0 spiro atoms. The van der Waals surface area contributed by atoms with Crippen molar-refractivity contribution in [1.29, 1.82) is 0 Å². The molecule has 0 saturated carbocycles. The fraction of sp³-hybridized carbons (Fsp3) is 0. The van der Waals surface area contributed by atoms with Crippen molar-refractivity contribution in [2.24, 2.45) is 0 Å². The molecule has 4 aromatic rings. The van der Waals surface area contributed by atoms with Gasteiger partial charge >= 0.3 is 120 Å². The molecule has 0 saturated heterocycles. The summed E-state index contributed by atoms with van der Waals surface area (Å²) < 4.78 is 1.28. The van der Waals surface area contributed by atoms with E-state index in [2.05, 4.69) is 83.6 Å². The molecule has 0 aliphatic heterocycles. The zero-order valence-corrected chi connectivity index (χ0v) is 14.1. The van der Waals surface area contributed by atoms with E-state index in [9.17, 15) is 0 Å². The van der Waals surface area contributed by atoms with E-state index in [0.717, 1.165) is 0 Å². The second-order valence-electron chi connectivity index (χ2n) is 4.86. The smallest absolute Gasteiger partial charge is 1.00 e. The van der Waals surface area contributed by atoms with Crippen LogP contribution in [0.1, 0.15) is 0 Å². The first-order chi connectivity index (χ1) is 9.33. The summed E-state index contributed by atoms with van der Waals surface area (Å²) in [6, 6.07) is 24.0.